The first-order valence-electron chi connectivity index (χ1n) is 6.79. The molecule has 1 aromatic rings. The molecule has 1 aliphatic heterocycles. The van der Waals surface area contributed by atoms with E-state index in [0.29, 0.717) is 5.02 Å². The molecule has 1 saturated heterocycles. The van der Waals surface area contributed by atoms with Crippen LogP contribution in [0.15, 0.2) is 18.5 Å². The molecule has 2 aliphatic rings. The maximum Gasteiger partial charge on any atom is 0.233 e. The number of hydrogen-bond acceptors (Lipinski definition) is 3. The fourth-order valence-corrected chi connectivity index (χ4v) is 3.48. The summed E-state index contributed by atoms with van der Waals surface area (Å²) in [7, 11) is 0. The van der Waals surface area contributed by atoms with Crippen molar-refractivity contribution in [1.82, 2.24) is 4.98 Å². The molecular formula is C14H18ClN3O. The molecule has 1 aliphatic carbocycles. The predicted octanol–water partition coefficient (Wildman–Crippen LogP) is 2.36. The normalized spacial score (nSPS) is 31.2. The van der Waals surface area contributed by atoms with Crippen LogP contribution >= 0.6 is 11.6 Å². The minimum absolute atomic E-state index is 0.199. The van der Waals surface area contributed by atoms with Crippen molar-refractivity contribution in [3.05, 3.63) is 23.5 Å². The van der Waals surface area contributed by atoms with E-state index in [1.54, 1.807) is 23.4 Å². The van der Waals surface area contributed by atoms with Gasteiger partial charge in [0.2, 0.25) is 5.91 Å². The largest absolute Gasteiger partial charge is 0.328 e. The Morgan fingerprint density at radius 3 is 2.79 bits per heavy atom. The maximum atomic E-state index is 12.7. The molecule has 5 heteroatoms. The van der Waals surface area contributed by atoms with Crippen LogP contribution in [0.1, 0.15) is 32.1 Å². The second-order valence-electron chi connectivity index (χ2n) is 5.65. The van der Waals surface area contributed by atoms with Crippen molar-refractivity contribution >= 4 is 23.2 Å². The van der Waals surface area contributed by atoms with Crippen molar-refractivity contribution < 1.29 is 4.79 Å². The Morgan fingerprint density at radius 1 is 1.37 bits per heavy atom. The molecule has 2 heterocycles. The van der Waals surface area contributed by atoms with Crippen LogP contribution in [-0.2, 0) is 4.79 Å². The molecule has 0 bridgehead atoms. The molecule has 3 rings (SSSR count). The molecule has 2 N–H and O–H groups in total. The van der Waals surface area contributed by atoms with Crippen molar-refractivity contribution in [2.24, 2.45) is 11.1 Å². The Balaban J connectivity index is 1.85. The summed E-state index contributed by atoms with van der Waals surface area (Å²) in [5, 5.41) is 0.591. The van der Waals surface area contributed by atoms with Gasteiger partial charge in [0.05, 0.1) is 22.3 Å². The molecule has 0 radical (unpaired) electrons. The number of pyridine rings is 1. The van der Waals surface area contributed by atoms with Gasteiger partial charge in [0, 0.05) is 18.8 Å². The smallest absolute Gasteiger partial charge is 0.233 e. The van der Waals surface area contributed by atoms with Crippen LogP contribution in [0.25, 0.3) is 0 Å². The zero-order valence-corrected chi connectivity index (χ0v) is 11.6. The van der Waals surface area contributed by atoms with Gasteiger partial charge in [-0.1, -0.05) is 11.6 Å². The average molecular weight is 280 g/mol. The van der Waals surface area contributed by atoms with E-state index in [4.69, 9.17) is 17.3 Å². The van der Waals surface area contributed by atoms with Gasteiger partial charge in [-0.3, -0.25) is 9.78 Å². The predicted molar refractivity (Wildman–Crippen MR) is 75.1 cm³/mol. The summed E-state index contributed by atoms with van der Waals surface area (Å²) in [4.78, 5) is 18.6. The highest BCUT2D eigenvalue weighted by atomic mass is 35.5. The quantitative estimate of drug-likeness (QED) is 0.858. The van der Waals surface area contributed by atoms with E-state index < -0.39 is 0 Å². The van der Waals surface area contributed by atoms with Crippen molar-refractivity contribution in [3.63, 3.8) is 0 Å². The van der Waals surface area contributed by atoms with Crippen LogP contribution in [0.3, 0.4) is 0 Å². The minimum atomic E-state index is -0.199. The van der Waals surface area contributed by atoms with Gasteiger partial charge >= 0.3 is 0 Å². The first kappa shape index (κ1) is 12.9. The van der Waals surface area contributed by atoms with Gasteiger partial charge in [0.15, 0.2) is 0 Å². The standard InChI is InChI=1S/C14H18ClN3O/c15-11-3-7-17-9-12(11)18-8-6-14(13(18)19)4-1-10(16)2-5-14/h3,7,9-10H,1-2,4-6,8,16H2. The van der Waals surface area contributed by atoms with Gasteiger partial charge in [-0.2, -0.15) is 0 Å². The summed E-state index contributed by atoms with van der Waals surface area (Å²) >= 11 is 6.17. The van der Waals surface area contributed by atoms with Crippen molar-refractivity contribution in [2.45, 2.75) is 38.1 Å². The maximum absolute atomic E-state index is 12.7. The minimum Gasteiger partial charge on any atom is -0.328 e. The van der Waals surface area contributed by atoms with Gasteiger partial charge in [-0.05, 0) is 38.2 Å². The molecule has 19 heavy (non-hydrogen) atoms. The molecule has 2 fully saturated rings. The number of amides is 1. The number of nitrogens with two attached hydrogens (primary N) is 1. The number of halogens is 1. The van der Waals surface area contributed by atoms with E-state index in [0.717, 1.165) is 44.3 Å². The summed E-state index contributed by atoms with van der Waals surface area (Å²) in [5.41, 5.74) is 6.48. The van der Waals surface area contributed by atoms with Gasteiger partial charge < -0.3 is 10.6 Å². The van der Waals surface area contributed by atoms with E-state index in [1.807, 2.05) is 0 Å². The van der Waals surface area contributed by atoms with Gasteiger partial charge in [0.1, 0.15) is 0 Å². The lowest BCUT2D eigenvalue weighted by Gasteiger charge is -2.34. The van der Waals surface area contributed by atoms with Crippen LogP contribution in [-0.4, -0.2) is 23.5 Å². The molecule has 1 saturated carbocycles. The molecular weight excluding hydrogens is 262 g/mol. The number of aromatic nitrogens is 1. The zero-order chi connectivity index (χ0) is 13.5. The molecule has 1 spiro atoms. The lowest BCUT2D eigenvalue weighted by molar-refractivity contribution is -0.127. The van der Waals surface area contributed by atoms with E-state index in [2.05, 4.69) is 4.98 Å². The summed E-state index contributed by atoms with van der Waals surface area (Å²) in [6, 6.07) is 1.99. The molecule has 4 nitrogen and oxygen atoms in total. The third kappa shape index (κ3) is 2.13. The number of rotatable bonds is 1. The average Bonchev–Trinajstić information content (AvgIpc) is 2.72. The second kappa shape index (κ2) is 4.76. The monoisotopic (exact) mass is 279 g/mol. The van der Waals surface area contributed by atoms with E-state index in [1.165, 1.54) is 0 Å². The Hall–Kier alpha value is -1.13. The Kier molecular flexibility index (Phi) is 3.23. The highest BCUT2D eigenvalue weighted by molar-refractivity contribution is 6.33. The molecule has 1 aromatic heterocycles. The number of anilines is 1. The number of hydrogen-bond donors (Lipinski definition) is 1. The fraction of sp³-hybridized carbons (Fsp3) is 0.571. The van der Waals surface area contributed by atoms with Crippen molar-refractivity contribution in [3.8, 4) is 0 Å². The van der Waals surface area contributed by atoms with Gasteiger partial charge in [-0.15, -0.1) is 0 Å². The Labute approximate surface area is 117 Å². The van der Waals surface area contributed by atoms with Crippen LogP contribution in [0.2, 0.25) is 5.02 Å². The number of carbonyl (C=O) groups is 1. The zero-order valence-electron chi connectivity index (χ0n) is 10.8. The van der Waals surface area contributed by atoms with Crippen molar-refractivity contribution in [2.75, 3.05) is 11.4 Å². The Morgan fingerprint density at radius 2 is 2.11 bits per heavy atom. The first-order chi connectivity index (χ1) is 9.12. The lowest BCUT2D eigenvalue weighted by Crippen LogP contribution is -2.40. The SMILES string of the molecule is NC1CCC2(CC1)CCN(c1cnccc1Cl)C2=O. The summed E-state index contributed by atoms with van der Waals surface area (Å²) in [5.74, 6) is 0.203. The van der Waals surface area contributed by atoms with E-state index >= 15 is 0 Å². The fourth-order valence-electron chi connectivity index (χ4n) is 3.27. The summed E-state index contributed by atoms with van der Waals surface area (Å²) in [6.45, 7) is 0.736. The van der Waals surface area contributed by atoms with Crippen LogP contribution < -0.4 is 10.6 Å². The van der Waals surface area contributed by atoms with E-state index in [9.17, 15) is 4.79 Å². The third-order valence-corrected chi connectivity index (χ3v) is 4.86. The Bertz CT molecular complexity index is 497. The lowest BCUT2D eigenvalue weighted by atomic mass is 9.71. The first-order valence-corrected chi connectivity index (χ1v) is 7.17. The summed E-state index contributed by atoms with van der Waals surface area (Å²) in [6.07, 6.45) is 7.92. The second-order valence-corrected chi connectivity index (χ2v) is 6.06. The van der Waals surface area contributed by atoms with Crippen LogP contribution in [0.4, 0.5) is 5.69 Å². The van der Waals surface area contributed by atoms with Gasteiger partial charge in [0.25, 0.3) is 0 Å². The van der Waals surface area contributed by atoms with Gasteiger partial charge in [-0.25, -0.2) is 0 Å². The topological polar surface area (TPSA) is 59.2 Å². The molecule has 1 amide bonds. The van der Waals surface area contributed by atoms with Crippen LogP contribution in [0.5, 0.6) is 0 Å². The molecule has 102 valence electrons. The highest BCUT2D eigenvalue weighted by Crippen LogP contribution is 2.46. The molecule has 0 atom stereocenters. The molecule has 0 unspecified atom stereocenters. The van der Waals surface area contributed by atoms with Crippen LogP contribution in [0, 0.1) is 5.41 Å². The molecule has 0 aromatic carbocycles. The highest BCUT2D eigenvalue weighted by Gasteiger charge is 2.48. The summed E-state index contributed by atoms with van der Waals surface area (Å²) < 4.78 is 0. The number of carbonyl (C=O) groups excluding carboxylic acids is 1. The van der Waals surface area contributed by atoms with E-state index in [-0.39, 0.29) is 17.4 Å². The van der Waals surface area contributed by atoms with Crippen molar-refractivity contribution in [1.29, 1.82) is 0 Å². The third-order valence-electron chi connectivity index (χ3n) is 4.54. The number of nitrogens with zero attached hydrogens (tertiary/aromatic N) is 2.